The second-order valence-corrected chi connectivity index (χ2v) is 6.01. The molecule has 0 heterocycles. The molecule has 6 heteroatoms. The van der Waals surface area contributed by atoms with Crippen LogP contribution in [0.25, 0.3) is 0 Å². The van der Waals surface area contributed by atoms with Gasteiger partial charge >= 0.3 is 12.0 Å². The zero-order chi connectivity index (χ0) is 15.7. The third kappa shape index (κ3) is 7.32. The van der Waals surface area contributed by atoms with Crippen molar-refractivity contribution in [2.75, 3.05) is 26.3 Å². The molecule has 0 atom stereocenters. The van der Waals surface area contributed by atoms with Gasteiger partial charge in [-0.1, -0.05) is 26.7 Å². The summed E-state index contributed by atoms with van der Waals surface area (Å²) in [6, 6.07) is -0.202. The summed E-state index contributed by atoms with van der Waals surface area (Å²) in [4.78, 5) is 24.5. The smallest absolute Gasteiger partial charge is 0.323 e. The fraction of sp³-hybridized carbons (Fsp3) is 0.867. The predicted molar refractivity (Wildman–Crippen MR) is 80.3 cm³/mol. The normalized spacial score (nSPS) is 15.4. The SMILES string of the molecule is CC(C)COCCCNC(=O)N(CC(=O)O)C1CCCC1. The Morgan fingerprint density at radius 1 is 1.33 bits per heavy atom. The lowest BCUT2D eigenvalue weighted by molar-refractivity contribution is -0.138. The molecule has 0 bridgehead atoms. The van der Waals surface area contributed by atoms with Crippen LogP contribution in [-0.2, 0) is 9.53 Å². The van der Waals surface area contributed by atoms with E-state index in [0.29, 0.717) is 19.1 Å². The Morgan fingerprint density at radius 3 is 2.57 bits per heavy atom. The number of nitrogens with zero attached hydrogens (tertiary/aromatic N) is 1. The number of urea groups is 1. The van der Waals surface area contributed by atoms with Gasteiger partial charge in [0.1, 0.15) is 6.54 Å². The summed E-state index contributed by atoms with van der Waals surface area (Å²) < 4.78 is 5.44. The van der Waals surface area contributed by atoms with Gasteiger partial charge in [0.2, 0.25) is 0 Å². The molecule has 1 aliphatic carbocycles. The minimum absolute atomic E-state index is 0.0679. The number of carbonyl (C=O) groups excluding carboxylic acids is 1. The van der Waals surface area contributed by atoms with Crippen molar-refractivity contribution in [1.29, 1.82) is 0 Å². The van der Waals surface area contributed by atoms with Gasteiger partial charge in [-0.3, -0.25) is 4.79 Å². The van der Waals surface area contributed by atoms with Gasteiger partial charge in [0.25, 0.3) is 0 Å². The number of hydrogen-bond acceptors (Lipinski definition) is 3. The number of hydrogen-bond donors (Lipinski definition) is 2. The molecule has 0 aromatic rings. The topological polar surface area (TPSA) is 78.9 Å². The Hall–Kier alpha value is -1.30. The number of ether oxygens (including phenoxy) is 1. The monoisotopic (exact) mass is 300 g/mol. The van der Waals surface area contributed by atoms with E-state index in [1.54, 1.807) is 0 Å². The van der Waals surface area contributed by atoms with Gasteiger partial charge in [-0.25, -0.2) is 4.79 Å². The van der Waals surface area contributed by atoms with Crippen LogP contribution in [0.15, 0.2) is 0 Å². The van der Waals surface area contributed by atoms with Crippen molar-refractivity contribution < 1.29 is 19.4 Å². The predicted octanol–water partition coefficient (Wildman–Crippen LogP) is 2.09. The van der Waals surface area contributed by atoms with Crippen molar-refractivity contribution in [3.8, 4) is 0 Å². The summed E-state index contributed by atoms with van der Waals surface area (Å²) in [5, 5.41) is 11.7. The standard InChI is InChI=1S/C15H28N2O4/c1-12(2)11-21-9-5-8-16-15(20)17(10-14(18)19)13-6-3-4-7-13/h12-13H,3-11H2,1-2H3,(H,16,20)(H,18,19). The zero-order valence-electron chi connectivity index (χ0n) is 13.1. The number of carboxylic acid groups (broad SMARTS) is 1. The maximum absolute atomic E-state index is 12.1. The molecule has 0 aromatic carbocycles. The van der Waals surface area contributed by atoms with Crippen LogP contribution in [0.1, 0.15) is 46.0 Å². The second-order valence-electron chi connectivity index (χ2n) is 6.01. The van der Waals surface area contributed by atoms with Crippen LogP contribution < -0.4 is 5.32 Å². The molecule has 0 unspecified atom stereocenters. The molecule has 0 aliphatic heterocycles. The summed E-state index contributed by atoms with van der Waals surface area (Å²) in [6.07, 6.45) is 4.68. The van der Waals surface area contributed by atoms with Crippen molar-refractivity contribution in [1.82, 2.24) is 10.2 Å². The highest BCUT2D eigenvalue weighted by molar-refractivity contribution is 5.80. The fourth-order valence-electron chi connectivity index (χ4n) is 2.52. The molecule has 0 aromatic heterocycles. The van der Waals surface area contributed by atoms with Crippen LogP contribution in [0.5, 0.6) is 0 Å². The summed E-state index contributed by atoms with van der Waals surface area (Å²) in [7, 11) is 0. The van der Waals surface area contributed by atoms with Crippen LogP contribution in [0, 0.1) is 5.92 Å². The fourth-order valence-corrected chi connectivity index (χ4v) is 2.52. The van der Waals surface area contributed by atoms with E-state index in [-0.39, 0.29) is 18.6 Å². The van der Waals surface area contributed by atoms with E-state index in [9.17, 15) is 9.59 Å². The van der Waals surface area contributed by atoms with Crippen LogP contribution >= 0.6 is 0 Å². The van der Waals surface area contributed by atoms with E-state index in [4.69, 9.17) is 9.84 Å². The third-order valence-corrected chi connectivity index (χ3v) is 3.52. The summed E-state index contributed by atoms with van der Waals surface area (Å²) in [5.74, 6) is -0.453. The Morgan fingerprint density at radius 2 is 2.00 bits per heavy atom. The molecule has 1 aliphatic rings. The Balaban J connectivity index is 2.26. The number of aliphatic carboxylic acids is 1. The van der Waals surface area contributed by atoms with Crippen LogP contribution in [-0.4, -0.2) is 54.4 Å². The lowest BCUT2D eigenvalue weighted by atomic mass is 10.2. The Labute approximate surface area is 126 Å². The van der Waals surface area contributed by atoms with E-state index >= 15 is 0 Å². The minimum Gasteiger partial charge on any atom is -0.480 e. The highest BCUT2D eigenvalue weighted by atomic mass is 16.5. The number of nitrogens with one attached hydrogen (secondary N) is 1. The first kappa shape index (κ1) is 17.8. The maximum atomic E-state index is 12.1. The third-order valence-electron chi connectivity index (χ3n) is 3.52. The lowest BCUT2D eigenvalue weighted by Gasteiger charge is -2.27. The maximum Gasteiger partial charge on any atom is 0.323 e. The molecule has 122 valence electrons. The molecular formula is C15H28N2O4. The molecule has 0 radical (unpaired) electrons. The summed E-state index contributed by atoms with van der Waals surface area (Å²) >= 11 is 0. The van der Waals surface area contributed by atoms with Gasteiger partial charge in [-0.2, -0.15) is 0 Å². The first-order chi connectivity index (χ1) is 10.0. The molecule has 2 N–H and O–H groups in total. The van der Waals surface area contributed by atoms with E-state index in [2.05, 4.69) is 19.2 Å². The van der Waals surface area contributed by atoms with Gasteiger partial charge in [-0.15, -0.1) is 0 Å². The van der Waals surface area contributed by atoms with Crippen LogP contribution in [0.2, 0.25) is 0 Å². The van der Waals surface area contributed by atoms with Gasteiger partial charge < -0.3 is 20.1 Å². The number of carboxylic acids is 1. The largest absolute Gasteiger partial charge is 0.480 e. The molecule has 1 rings (SSSR count). The number of carbonyl (C=O) groups is 2. The first-order valence-corrected chi connectivity index (χ1v) is 7.84. The van der Waals surface area contributed by atoms with E-state index in [1.165, 1.54) is 4.90 Å². The average Bonchev–Trinajstić information content (AvgIpc) is 2.93. The van der Waals surface area contributed by atoms with Crippen molar-refractivity contribution in [3.63, 3.8) is 0 Å². The highest BCUT2D eigenvalue weighted by Gasteiger charge is 2.27. The molecular weight excluding hydrogens is 272 g/mol. The quantitative estimate of drug-likeness (QED) is 0.639. The zero-order valence-corrected chi connectivity index (χ0v) is 13.1. The molecule has 0 spiro atoms. The Bertz CT molecular complexity index is 328. The number of amides is 2. The van der Waals surface area contributed by atoms with Gasteiger partial charge in [-0.05, 0) is 25.2 Å². The van der Waals surface area contributed by atoms with E-state index in [1.807, 2.05) is 0 Å². The van der Waals surface area contributed by atoms with Crippen molar-refractivity contribution >= 4 is 12.0 Å². The van der Waals surface area contributed by atoms with Crippen molar-refractivity contribution in [2.24, 2.45) is 5.92 Å². The second kappa shape index (κ2) is 9.60. The number of rotatable bonds is 9. The Kier molecular flexibility index (Phi) is 8.12. The lowest BCUT2D eigenvalue weighted by Crippen LogP contribution is -2.47. The highest BCUT2D eigenvalue weighted by Crippen LogP contribution is 2.23. The molecule has 1 saturated carbocycles. The average molecular weight is 300 g/mol. The molecule has 6 nitrogen and oxygen atoms in total. The molecule has 21 heavy (non-hydrogen) atoms. The molecule has 1 fully saturated rings. The van der Waals surface area contributed by atoms with E-state index < -0.39 is 5.97 Å². The molecule has 0 saturated heterocycles. The van der Waals surface area contributed by atoms with Gasteiger partial charge in [0.15, 0.2) is 0 Å². The first-order valence-electron chi connectivity index (χ1n) is 7.84. The van der Waals surface area contributed by atoms with Gasteiger partial charge in [0, 0.05) is 25.8 Å². The van der Waals surface area contributed by atoms with Crippen LogP contribution in [0.3, 0.4) is 0 Å². The van der Waals surface area contributed by atoms with Crippen molar-refractivity contribution in [2.45, 2.75) is 52.0 Å². The minimum atomic E-state index is -0.961. The summed E-state index contributed by atoms with van der Waals surface area (Å²) in [6.45, 7) is 5.81. The molecule has 2 amide bonds. The van der Waals surface area contributed by atoms with Crippen molar-refractivity contribution in [3.05, 3.63) is 0 Å². The van der Waals surface area contributed by atoms with E-state index in [0.717, 1.165) is 38.7 Å². The van der Waals surface area contributed by atoms with Crippen LogP contribution in [0.4, 0.5) is 4.79 Å². The van der Waals surface area contributed by atoms with Gasteiger partial charge in [0.05, 0.1) is 0 Å². The summed E-state index contributed by atoms with van der Waals surface area (Å²) in [5.41, 5.74) is 0.